The number of fused-ring (bicyclic) bond motifs is 1. The summed E-state index contributed by atoms with van der Waals surface area (Å²) in [6, 6.07) is 12.9. The molecular formula is C21H19ClN2O3S. The standard InChI is InChI=1S/C21H19ClN2O3S/c1-23-17-13-15(20(25)24-7-9-27-10-8-24)5-6-18(17)28-19(21(23)26)12-14-3-2-4-16(22)11-14/h2-6,11-13H,7-10H2,1H3. The van der Waals surface area contributed by atoms with Crippen molar-refractivity contribution in [1.82, 2.24) is 4.90 Å². The summed E-state index contributed by atoms with van der Waals surface area (Å²) in [5.74, 6) is -0.134. The van der Waals surface area contributed by atoms with Crippen LogP contribution in [0.4, 0.5) is 5.69 Å². The predicted molar refractivity (Wildman–Crippen MR) is 112 cm³/mol. The van der Waals surface area contributed by atoms with Gasteiger partial charge in [-0.3, -0.25) is 9.59 Å². The van der Waals surface area contributed by atoms with E-state index >= 15 is 0 Å². The summed E-state index contributed by atoms with van der Waals surface area (Å²) in [5.41, 5.74) is 2.21. The van der Waals surface area contributed by atoms with Crippen LogP contribution in [0.2, 0.25) is 5.02 Å². The monoisotopic (exact) mass is 414 g/mol. The van der Waals surface area contributed by atoms with Crippen LogP contribution in [0, 0.1) is 0 Å². The average Bonchev–Trinajstić information content (AvgIpc) is 2.72. The number of ether oxygens (including phenoxy) is 1. The first-order valence-electron chi connectivity index (χ1n) is 8.97. The number of thioether (sulfide) groups is 1. The minimum Gasteiger partial charge on any atom is -0.378 e. The van der Waals surface area contributed by atoms with Crippen LogP contribution in [0.5, 0.6) is 0 Å². The van der Waals surface area contributed by atoms with Gasteiger partial charge >= 0.3 is 0 Å². The number of likely N-dealkylation sites (N-methyl/N-ethyl adjacent to an activating group) is 1. The van der Waals surface area contributed by atoms with Gasteiger partial charge in [0.1, 0.15) is 0 Å². The Morgan fingerprint density at radius 2 is 1.96 bits per heavy atom. The summed E-state index contributed by atoms with van der Waals surface area (Å²) in [6.45, 7) is 2.29. The summed E-state index contributed by atoms with van der Waals surface area (Å²) >= 11 is 7.45. The molecule has 2 aromatic rings. The van der Waals surface area contributed by atoms with E-state index in [1.807, 2.05) is 36.4 Å². The number of amides is 2. The van der Waals surface area contributed by atoms with E-state index in [9.17, 15) is 9.59 Å². The maximum absolute atomic E-state index is 12.9. The van der Waals surface area contributed by atoms with Gasteiger partial charge in [-0.2, -0.15) is 0 Å². The lowest BCUT2D eigenvalue weighted by atomic mass is 10.1. The third kappa shape index (κ3) is 3.81. The van der Waals surface area contributed by atoms with Crippen molar-refractivity contribution in [3.8, 4) is 0 Å². The first-order chi connectivity index (χ1) is 13.5. The molecule has 0 radical (unpaired) electrons. The van der Waals surface area contributed by atoms with Crippen molar-refractivity contribution in [1.29, 1.82) is 0 Å². The Hall–Kier alpha value is -2.28. The van der Waals surface area contributed by atoms with Gasteiger partial charge in [0.25, 0.3) is 11.8 Å². The predicted octanol–water partition coefficient (Wildman–Crippen LogP) is 3.92. The van der Waals surface area contributed by atoms with E-state index in [4.69, 9.17) is 16.3 Å². The highest BCUT2D eigenvalue weighted by Crippen LogP contribution is 2.42. The number of hydrogen-bond acceptors (Lipinski definition) is 4. The molecule has 1 fully saturated rings. The van der Waals surface area contributed by atoms with Gasteiger partial charge in [-0.25, -0.2) is 0 Å². The van der Waals surface area contributed by atoms with Gasteiger partial charge in [0.05, 0.1) is 23.8 Å². The Bertz CT molecular complexity index is 970. The molecule has 0 aromatic heterocycles. The van der Waals surface area contributed by atoms with Gasteiger partial charge in [-0.05, 0) is 42.0 Å². The summed E-state index contributed by atoms with van der Waals surface area (Å²) in [6.07, 6.45) is 1.84. The fourth-order valence-electron chi connectivity index (χ4n) is 3.22. The number of carbonyl (C=O) groups excluding carboxylic acids is 2. The second-order valence-electron chi connectivity index (χ2n) is 6.62. The van der Waals surface area contributed by atoms with Gasteiger partial charge in [0.2, 0.25) is 0 Å². The fourth-order valence-corrected chi connectivity index (χ4v) is 4.52. The van der Waals surface area contributed by atoms with Crippen molar-refractivity contribution in [2.45, 2.75) is 4.90 Å². The Labute approximate surface area is 172 Å². The molecule has 0 aliphatic carbocycles. The van der Waals surface area contributed by atoms with E-state index < -0.39 is 0 Å². The molecular weight excluding hydrogens is 396 g/mol. The molecule has 0 spiro atoms. The minimum absolute atomic E-state index is 0.0304. The van der Waals surface area contributed by atoms with Crippen molar-refractivity contribution in [3.05, 3.63) is 63.5 Å². The molecule has 7 heteroatoms. The zero-order chi connectivity index (χ0) is 19.7. The number of anilines is 1. The largest absolute Gasteiger partial charge is 0.378 e. The number of nitrogens with zero attached hydrogens (tertiary/aromatic N) is 2. The quantitative estimate of drug-likeness (QED) is 0.699. The zero-order valence-corrected chi connectivity index (χ0v) is 16.9. The number of rotatable bonds is 2. The molecule has 1 saturated heterocycles. The van der Waals surface area contributed by atoms with Crippen LogP contribution in [-0.4, -0.2) is 50.1 Å². The Kier molecular flexibility index (Phi) is 5.44. The van der Waals surface area contributed by atoms with E-state index in [0.29, 0.717) is 41.8 Å². The molecule has 0 N–H and O–H groups in total. The lowest BCUT2D eigenvalue weighted by Gasteiger charge is -2.29. The van der Waals surface area contributed by atoms with Gasteiger partial charge in [0, 0.05) is 35.6 Å². The Morgan fingerprint density at radius 3 is 2.71 bits per heavy atom. The maximum Gasteiger partial charge on any atom is 0.264 e. The number of morpholine rings is 1. The highest BCUT2D eigenvalue weighted by molar-refractivity contribution is 8.04. The highest BCUT2D eigenvalue weighted by Gasteiger charge is 2.28. The number of hydrogen-bond donors (Lipinski definition) is 0. The molecule has 2 aromatic carbocycles. The lowest BCUT2D eigenvalue weighted by molar-refractivity contribution is -0.114. The molecule has 4 rings (SSSR count). The van der Waals surface area contributed by atoms with Crippen LogP contribution in [-0.2, 0) is 9.53 Å². The number of halogens is 1. The third-order valence-corrected chi connectivity index (χ3v) is 6.06. The summed E-state index contributed by atoms with van der Waals surface area (Å²) < 4.78 is 5.31. The van der Waals surface area contributed by atoms with E-state index in [-0.39, 0.29) is 11.8 Å². The van der Waals surface area contributed by atoms with Crippen LogP contribution < -0.4 is 4.90 Å². The Morgan fingerprint density at radius 1 is 1.18 bits per heavy atom. The molecule has 0 bridgehead atoms. The molecule has 5 nitrogen and oxygen atoms in total. The molecule has 144 valence electrons. The van der Waals surface area contributed by atoms with Crippen LogP contribution in [0.1, 0.15) is 15.9 Å². The first kappa shape index (κ1) is 19.1. The van der Waals surface area contributed by atoms with Gasteiger partial charge in [-0.1, -0.05) is 35.5 Å². The van der Waals surface area contributed by atoms with Crippen molar-refractivity contribution in [2.75, 3.05) is 38.3 Å². The highest BCUT2D eigenvalue weighted by atomic mass is 35.5. The molecule has 0 saturated carbocycles. The van der Waals surface area contributed by atoms with Crippen LogP contribution in [0.15, 0.2) is 52.3 Å². The molecule has 2 aliphatic rings. The Balaban J connectivity index is 1.62. The van der Waals surface area contributed by atoms with Gasteiger partial charge in [0.15, 0.2) is 0 Å². The van der Waals surface area contributed by atoms with Gasteiger partial charge in [-0.15, -0.1) is 0 Å². The third-order valence-electron chi connectivity index (χ3n) is 4.75. The average molecular weight is 415 g/mol. The second-order valence-corrected chi connectivity index (χ2v) is 8.14. The van der Waals surface area contributed by atoms with Crippen LogP contribution in [0.3, 0.4) is 0 Å². The van der Waals surface area contributed by atoms with E-state index in [0.717, 1.165) is 16.1 Å². The molecule has 0 unspecified atom stereocenters. The minimum atomic E-state index is -0.103. The van der Waals surface area contributed by atoms with Crippen molar-refractivity contribution in [3.63, 3.8) is 0 Å². The van der Waals surface area contributed by atoms with E-state index in [1.165, 1.54) is 11.8 Å². The lowest BCUT2D eigenvalue weighted by Crippen LogP contribution is -2.40. The zero-order valence-electron chi connectivity index (χ0n) is 15.4. The van der Waals surface area contributed by atoms with Crippen LogP contribution in [0.25, 0.3) is 6.08 Å². The van der Waals surface area contributed by atoms with Crippen molar-refractivity contribution < 1.29 is 14.3 Å². The normalized spacial score (nSPS) is 18.4. The van der Waals surface area contributed by atoms with Crippen LogP contribution >= 0.6 is 23.4 Å². The van der Waals surface area contributed by atoms with E-state index in [2.05, 4.69) is 0 Å². The number of carbonyl (C=O) groups is 2. The smallest absolute Gasteiger partial charge is 0.264 e. The summed E-state index contributed by atoms with van der Waals surface area (Å²) in [5, 5.41) is 0.627. The molecule has 2 aliphatic heterocycles. The molecule has 2 heterocycles. The number of benzene rings is 2. The second kappa shape index (κ2) is 7.99. The molecule has 0 atom stereocenters. The first-order valence-corrected chi connectivity index (χ1v) is 10.2. The summed E-state index contributed by atoms with van der Waals surface area (Å²) in [7, 11) is 1.73. The van der Waals surface area contributed by atoms with E-state index in [1.54, 1.807) is 29.0 Å². The maximum atomic E-state index is 12.9. The SMILES string of the molecule is CN1C(=O)C(=Cc2cccc(Cl)c2)Sc2ccc(C(=O)N3CCOCC3)cc21. The van der Waals surface area contributed by atoms with Gasteiger partial charge < -0.3 is 14.5 Å². The molecule has 2 amide bonds. The fraction of sp³-hybridized carbons (Fsp3) is 0.238. The van der Waals surface area contributed by atoms with Crippen molar-refractivity contribution in [2.24, 2.45) is 0 Å². The van der Waals surface area contributed by atoms with Crippen molar-refractivity contribution >= 4 is 46.9 Å². The summed E-state index contributed by atoms with van der Waals surface area (Å²) in [4.78, 5) is 30.5. The topological polar surface area (TPSA) is 49.9 Å². The molecule has 28 heavy (non-hydrogen) atoms.